The summed E-state index contributed by atoms with van der Waals surface area (Å²) in [6.45, 7) is 1.20. The molecule has 2 aromatic rings. The third-order valence-electron chi connectivity index (χ3n) is 2.55. The van der Waals surface area contributed by atoms with E-state index < -0.39 is 0 Å². The van der Waals surface area contributed by atoms with Crippen molar-refractivity contribution in [3.63, 3.8) is 0 Å². The number of hydrogen-bond acceptors (Lipinski definition) is 4. The summed E-state index contributed by atoms with van der Waals surface area (Å²) < 4.78 is 6.39. The third kappa shape index (κ3) is 1.47. The van der Waals surface area contributed by atoms with E-state index in [1.165, 1.54) is 4.73 Å². The van der Waals surface area contributed by atoms with Gasteiger partial charge in [-0.1, -0.05) is 0 Å². The zero-order chi connectivity index (χ0) is 11.0. The Balaban J connectivity index is 2.01. The van der Waals surface area contributed by atoms with E-state index in [9.17, 15) is 4.79 Å². The molecule has 16 heavy (non-hydrogen) atoms. The fraction of sp³-hybridized carbons (Fsp3) is 0.400. The van der Waals surface area contributed by atoms with Crippen molar-refractivity contribution in [2.24, 2.45) is 0 Å². The molecule has 0 saturated carbocycles. The Morgan fingerprint density at radius 1 is 1.62 bits per heavy atom. The van der Waals surface area contributed by atoms with Gasteiger partial charge in [-0.3, -0.25) is 0 Å². The SMILES string of the molecule is O=c1[nH]c2cccnc2n1OC1CCOC1. The van der Waals surface area contributed by atoms with Crippen LogP contribution in [0.15, 0.2) is 23.1 Å². The van der Waals surface area contributed by atoms with Gasteiger partial charge >= 0.3 is 5.69 Å². The number of hydrogen-bond donors (Lipinski definition) is 1. The van der Waals surface area contributed by atoms with E-state index in [2.05, 4.69) is 9.97 Å². The van der Waals surface area contributed by atoms with Crippen molar-refractivity contribution < 1.29 is 9.57 Å². The maximum absolute atomic E-state index is 11.6. The molecule has 0 spiro atoms. The Morgan fingerprint density at radius 2 is 2.56 bits per heavy atom. The van der Waals surface area contributed by atoms with Crippen molar-refractivity contribution in [2.75, 3.05) is 13.2 Å². The highest BCUT2D eigenvalue weighted by atomic mass is 16.7. The predicted molar refractivity (Wildman–Crippen MR) is 56.2 cm³/mol. The van der Waals surface area contributed by atoms with Crippen LogP contribution in [-0.4, -0.2) is 34.0 Å². The van der Waals surface area contributed by atoms with E-state index in [-0.39, 0.29) is 11.8 Å². The first-order chi connectivity index (χ1) is 7.84. The second-order valence-electron chi connectivity index (χ2n) is 3.69. The number of aromatic amines is 1. The van der Waals surface area contributed by atoms with Crippen molar-refractivity contribution in [3.05, 3.63) is 28.8 Å². The van der Waals surface area contributed by atoms with Gasteiger partial charge in [-0.15, -0.1) is 4.73 Å². The zero-order valence-electron chi connectivity index (χ0n) is 8.55. The number of nitrogens with zero attached hydrogens (tertiary/aromatic N) is 2. The molecule has 1 N–H and O–H groups in total. The average Bonchev–Trinajstić information content (AvgIpc) is 2.89. The first-order valence-corrected chi connectivity index (χ1v) is 5.15. The van der Waals surface area contributed by atoms with E-state index in [0.29, 0.717) is 24.4 Å². The molecule has 3 heterocycles. The number of pyridine rings is 1. The van der Waals surface area contributed by atoms with Crippen LogP contribution in [0.5, 0.6) is 0 Å². The number of imidazole rings is 1. The van der Waals surface area contributed by atoms with Gasteiger partial charge in [0.1, 0.15) is 0 Å². The van der Waals surface area contributed by atoms with Gasteiger partial charge in [0.05, 0.1) is 18.7 Å². The minimum absolute atomic E-state index is 0.0706. The highest BCUT2D eigenvalue weighted by molar-refractivity contribution is 5.69. The lowest BCUT2D eigenvalue weighted by Crippen LogP contribution is -2.32. The van der Waals surface area contributed by atoms with Gasteiger partial charge in [-0.05, 0) is 12.1 Å². The highest BCUT2D eigenvalue weighted by Crippen LogP contribution is 2.08. The molecule has 6 nitrogen and oxygen atoms in total. The van der Waals surface area contributed by atoms with Gasteiger partial charge in [-0.2, -0.15) is 0 Å². The van der Waals surface area contributed by atoms with E-state index in [1.807, 2.05) is 0 Å². The Morgan fingerprint density at radius 3 is 3.38 bits per heavy atom. The minimum atomic E-state index is -0.305. The topological polar surface area (TPSA) is 69.1 Å². The fourth-order valence-corrected chi connectivity index (χ4v) is 1.76. The number of ether oxygens (including phenoxy) is 1. The van der Waals surface area contributed by atoms with Gasteiger partial charge in [0.25, 0.3) is 0 Å². The molecule has 0 amide bonds. The summed E-state index contributed by atoms with van der Waals surface area (Å²) in [6, 6.07) is 3.55. The van der Waals surface area contributed by atoms with Crippen LogP contribution in [0.25, 0.3) is 11.2 Å². The molecule has 2 aromatic heterocycles. The average molecular weight is 221 g/mol. The Bertz CT molecular complexity index is 554. The quantitative estimate of drug-likeness (QED) is 0.771. The summed E-state index contributed by atoms with van der Waals surface area (Å²) >= 11 is 0. The van der Waals surface area contributed by atoms with Crippen molar-refractivity contribution in [1.82, 2.24) is 14.7 Å². The zero-order valence-corrected chi connectivity index (χ0v) is 8.55. The predicted octanol–water partition coefficient (Wildman–Crippen LogP) is -0.0579. The molecule has 1 saturated heterocycles. The number of nitrogens with one attached hydrogen (secondary N) is 1. The number of rotatable bonds is 2. The molecule has 0 aromatic carbocycles. The van der Waals surface area contributed by atoms with Crippen LogP contribution in [0.3, 0.4) is 0 Å². The van der Waals surface area contributed by atoms with Crippen LogP contribution in [0, 0.1) is 0 Å². The van der Waals surface area contributed by atoms with Crippen LogP contribution < -0.4 is 10.5 Å². The van der Waals surface area contributed by atoms with E-state index >= 15 is 0 Å². The van der Waals surface area contributed by atoms with Crippen molar-refractivity contribution in [2.45, 2.75) is 12.5 Å². The summed E-state index contributed by atoms with van der Waals surface area (Å²) in [6.07, 6.45) is 2.35. The molecular formula is C10H11N3O3. The summed E-state index contributed by atoms with van der Waals surface area (Å²) in [5.74, 6) is 0. The minimum Gasteiger partial charge on any atom is -0.402 e. The highest BCUT2D eigenvalue weighted by Gasteiger charge is 2.20. The van der Waals surface area contributed by atoms with Crippen LogP contribution in [-0.2, 0) is 4.74 Å². The van der Waals surface area contributed by atoms with Crippen molar-refractivity contribution in [3.8, 4) is 0 Å². The second kappa shape index (κ2) is 3.64. The summed E-state index contributed by atoms with van der Waals surface area (Å²) in [5, 5.41) is 0. The fourth-order valence-electron chi connectivity index (χ4n) is 1.76. The van der Waals surface area contributed by atoms with Crippen LogP contribution in [0.1, 0.15) is 6.42 Å². The van der Waals surface area contributed by atoms with Gasteiger partial charge in [0.2, 0.25) is 0 Å². The summed E-state index contributed by atoms with van der Waals surface area (Å²) in [4.78, 5) is 24.0. The van der Waals surface area contributed by atoms with Crippen LogP contribution in [0.2, 0.25) is 0 Å². The normalized spacial score (nSPS) is 20.4. The molecule has 1 unspecified atom stereocenters. The first-order valence-electron chi connectivity index (χ1n) is 5.15. The molecule has 84 valence electrons. The van der Waals surface area contributed by atoms with Crippen molar-refractivity contribution >= 4 is 11.2 Å². The number of aromatic nitrogens is 3. The molecule has 1 aliphatic rings. The number of fused-ring (bicyclic) bond motifs is 1. The molecule has 1 aliphatic heterocycles. The lowest BCUT2D eigenvalue weighted by Gasteiger charge is -2.10. The van der Waals surface area contributed by atoms with E-state index in [0.717, 1.165) is 6.42 Å². The Kier molecular flexibility index (Phi) is 2.14. The van der Waals surface area contributed by atoms with Crippen LogP contribution in [0.4, 0.5) is 0 Å². The summed E-state index contributed by atoms with van der Waals surface area (Å²) in [5.41, 5.74) is 0.881. The van der Waals surface area contributed by atoms with Gasteiger partial charge < -0.3 is 14.6 Å². The monoisotopic (exact) mass is 221 g/mol. The molecule has 3 rings (SSSR count). The smallest absolute Gasteiger partial charge is 0.361 e. The second-order valence-corrected chi connectivity index (χ2v) is 3.69. The van der Waals surface area contributed by atoms with Crippen molar-refractivity contribution in [1.29, 1.82) is 0 Å². The van der Waals surface area contributed by atoms with Crippen LogP contribution >= 0.6 is 0 Å². The lowest BCUT2D eigenvalue weighted by molar-refractivity contribution is 0.0294. The molecular weight excluding hydrogens is 210 g/mol. The molecule has 6 heteroatoms. The lowest BCUT2D eigenvalue weighted by atomic mass is 10.3. The van der Waals surface area contributed by atoms with Gasteiger partial charge in [0.15, 0.2) is 11.8 Å². The largest absolute Gasteiger partial charge is 0.402 e. The molecule has 0 aliphatic carbocycles. The maximum atomic E-state index is 11.6. The molecule has 0 bridgehead atoms. The number of H-pyrrole nitrogens is 1. The molecule has 1 atom stereocenters. The third-order valence-corrected chi connectivity index (χ3v) is 2.55. The molecule has 0 radical (unpaired) electrons. The van der Waals surface area contributed by atoms with Gasteiger partial charge in [0, 0.05) is 12.6 Å². The Labute approximate surface area is 90.8 Å². The van der Waals surface area contributed by atoms with E-state index in [4.69, 9.17) is 9.57 Å². The standard InChI is InChI=1S/C10H11N3O3/c14-10-12-8-2-1-4-11-9(8)13(10)16-7-3-5-15-6-7/h1-2,4,7H,3,5-6H2,(H,12,14). The first kappa shape index (κ1) is 9.41. The maximum Gasteiger partial charge on any atom is 0.361 e. The van der Waals surface area contributed by atoms with Gasteiger partial charge in [-0.25, -0.2) is 9.78 Å². The molecule has 1 fully saturated rings. The summed E-state index contributed by atoms with van der Waals surface area (Å²) in [7, 11) is 0. The van der Waals surface area contributed by atoms with E-state index in [1.54, 1.807) is 18.3 Å². The Hall–Kier alpha value is -1.82.